The lowest BCUT2D eigenvalue weighted by atomic mass is 10.0. The van der Waals surface area contributed by atoms with E-state index in [9.17, 15) is 4.79 Å². The zero-order valence-corrected chi connectivity index (χ0v) is 12.3. The minimum Gasteiger partial charge on any atom is -0.493 e. The van der Waals surface area contributed by atoms with Crippen LogP contribution in [0.25, 0.3) is 11.1 Å². The van der Waals surface area contributed by atoms with E-state index in [0.717, 1.165) is 29.9 Å². The number of alkyl halides is 1. The first-order chi connectivity index (χ1) is 10.3. The molecule has 108 valence electrons. The summed E-state index contributed by atoms with van der Waals surface area (Å²) >= 11 is 5.45. The van der Waals surface area contributed by atoms with Gasteiger partial charge in [-0.05, 0) is 34.4 Å². The zero-order chi connectivity index (χ0) is 14.7. The summed E-state index contributed by atoms with van der Waals surface area (Å²) in [6, 6.07) is 14.5. The van der Waals surface area contributed by atoms with Gasteiger partial charge in [0.15, 0.2) is 0 Å². The highest BCUT2D eigenvalue weighted by atomic mass is 35.5. The molecule has 0 bridgehead atoms. The smallest absolute Gasteiger partial charge is 0.235 e. The molecule has 1 aliphatic rings. The topological polar surface area (TPSA) is 38.3 Å². The Morgan fingerprint density at radius 3 is 2.67 bits per heavy atom. The summed E-state index contributed by atoms with van der Waals surface area (Å²) in [7, 11) is 0. The lowest BCUT2D eigenvalue weighted by Gasteiger charge is -2.07. The second kappa shape index (κ2) is 6.19. The Balaban J connectivity index is 1.73. The fourth-order valence-electron chi connectivity index (χ4n) is 2.43. The normalized spacial score (nSPS) is 12.6. The molecule has 1 heterocycles. The van der Waals surface area contributed by atoms with Crippen LogP contribution in [0.15, 0.2) is 42.5 Å². The van der Waals surface area contributed by atoms with Gasteiger partial charge in [0, 0.05) is 13.0 Å². The van der Waals surface area contributed by atoms with Crippen LogP contribution >= 0.6 is 11.6 Å². The molecule has 0 atom stereocenters. The van der Waals surface area contributed by atoms with E-state index in [1.54, 1.807) is 0 Å². The first-order valence-electron chi connectivity index (χ1n) is 6.94. The third kappa shape index (κ3) is 3.19. The predicted molar refractivity (Wildman–Crippen MR) is 83.6 cm³/mol. The molecule has 2 aromatic carbocycles. The molecule has 21 heavy (non-hydrogen) atoms. The van der Waals surface area contributed by atoms with Gasteiger partial charge in [0.1, 0.15) is 11.6 Å². The van der Waals surface area contributed by atoms with E-state index in [0.29, 0.717) is 6.54 Å². The van der Waals surface area contributed by atoms with Gasteiger partial charge in [-0.2, -0.15) is 0 Å². The Labute approximate surface area is 128 Å². The van der Waals surface area contributed by atoms with E-state index in [1.807, 2.05) is 18.2 Å². The SMILES string of the molecule is O=C(CCl)NCc1ccc(-c2ccc3c(c2)CCO3)cc1. The molecule has 0 saturated heterocycles. The number of hydrogen-bond donors (Lipinski definition) is 1. The highest BCUT2D eigenvalue weighted by Crippen LogP contribution is 2.30. The third-order valence-electron chi connectivity index (χ3n) is 3.59. The number of ether oxygens (including phenoxy) is 1. The van der Waals surface area contributed by atoms with Crippen molar-refractivity contribution in [1.82, 2.24) is 5.32 Å². The van der Waals surface area contributed by atoms with Gasteiger partial charge < -0.3 is 10.1 Å². The number of fused-ring (bicyclic) bond motifs is 1. The van der Waals surface area contributed by atoms with Crippen molar-refractivity contribution < 1.29 is 9.53 Å². The Kier molecular flexibility index (Phi) is 4.11. The van der Waals surface area contributed by atoms with Crippen LogP contribution in [0.5, 0.6) is 5.75 Å². The molecule has 0 aromatic heterocycles. The molecule has 1 amide bonds. The van der Waals surface area contributed by atoms with Crippen LogP contribution in [0.3, 0.4) is 0 Å². The molecule has 3 nitrogen and oxygen atoms in total. The average Bonchev–Trinajstić information content (AvgIpc) is 3.00. The summed E-state index contributed by atoms with van der Waals surface area (Å²) in [5.41, 5.74) is 4.68. The summed E-state index contributed by atoms with van der Waals surface area (Å²) in [5, 5.41) is 2.75. The van der Waals surface area contributed by atoms with Crippen LogP contribution in [-0.4, -0.2) is 18.4 Å². The molecule has 1 aliphatic heterocycles. The van der Waals surface area contributed by atoms with Crippen LogP contribution in [0, 0.1) is 0 Å². The molecule has 0 fully saturated rings. The molecule has 0 saturated carbocycles. The molecule has 0 radical (unpaired) electrons. The van der Waals surface area contributed by atoms with Gasteiger partial charge in [-0.3, -0.25) is 4.79 Å². The van der Waals surface area contributed by atoms with Crippen molar-refractivity contribution in [3.63, 3.8) is 0 Å². The zero-order valence-electron chi connectivity index (χ0n) is 11.6. The lowest BCUT2D eigenvalue weighted by Crippen LogP contribution is -2.23. The number of hydrogen-bond acceptors (Lipinski definition) is 2. The molecular formula is C17H16ClNO2. The van der Waals surface area contributed by atoms with Crippen LogP contribution < -0.4 is 10.1 Å². The van der Waals surface area contributed by atoms with Crippen molar-refractivity contribution in [2.24, 2.45) is 0 Å². The summed E-state index contributed by atoms with van der Waals surface area (Å²) < 4.78 is 5.52. The maximum atomic E-state index is 11.1. The average molecular weight is 302 g/mol. The number of rotatable bonds is 4. The number of benzene rings is 2. The second-order valence-electron chi connectivity index (χ2n) is 5.03. The largest absolute Gasteiger partial charge is 0.493 e. The number of amides is 1. The highest BCUT2D eigenvalue weighted by molar-refractivity contribution is 6.27. The first kappa shape index (κ1) is 14.0. The van der Waals surface area contributed by atoms with Crippen LogP contribution in [-0.2, 0) is 17.8 Å². The van der Waals surface area contributed by atoms with Crippen molar-refractivity contribution in [2.75, 3.05) is 12.5 Å². The molecule has 0 aliphatic carbocycles. The number of carbonyl (C=O) groups excluding carboxylic acids is 1. The first-order valence-corrected chi connectivity index (χ1v) is 7.47. The van der Waals surface area contributed by atoms with E-state index in [-0.39, 0.29) is 11.8 Å². The molecule has 1 N–H and O–H groups in total. The summed E-state index contributed by atoms with van der Waals surface area (Å²) in [6.07, 6.45) is 0.978. The molecule has 4 heteroatoms. The third-order valence-corrected chi connectivity index (χ3v) is 3.83. The summed E-state index contributed by atoms with van der Waals surface area (Å²) in [4.78, 5) is 11.1. The minimum atomic E-state index is -0.153. The number of halogens is 1. The van der Waals surface area contributed by atoms with Crippen LogP contribution in [0.2, 0.25) is 0 Å². The molecule has 0 unspecified atom stereocenters. The standard InChI is InChI=1S/C17H16ClNO2/c18-10-17(20)19-11-12-1-3-13(4-2-12)14-5-6-16-15(9-14)7-8-21-16/h1-6,9H,7-8,10-11H2,(H,19,20). The summed E-state index contributed by atoms with van der Waals surface area (Å²) in [6.45, 7) is 1.28. The van der Waals surface area contributed by atoms with Gasteiger partial charge in [-0.1, -0.05) is 30.3 Å². The van der Waals surface area contributed by atoms with Gasteiger partial charge >= 0.3 is 0 Å². The van der Waals surface area contributed by atoms with E-state index in [4.69, 9.17) is 16.3 Å². The number of carbonyl (C=O) groups is 1. The Morgan fingerprint density at radius 1 is 1.14 bits per heavy atom. The molecule has 2 aromatic rings. The predicted octanol–water partition coefficient (Wildman–Crippen LogP) is 3.14. The van der Waals surface area contributed by atoms with Crippen molar-refractivity contribution in [1.29, 1.82) is 0 Å². The van der Waals surface area contributed by atoms with E-state index < -0.39 is 0 Å². The Morgan fingerprint density at radius 2 is 1.90 bits per heavy atom. The van der Waals surface area contributed by atoms with Crippen LogP contribution in [0.4, 0.5) is 0 Å². The summed E-state index contributed by atoms with van der Waals surface area (Å²) in [5.74, 6) is 0.841. The van der Waals surface area contributed by atoms with Crippen molar-refractivity contribution >= 4 is 17.5 Å². The maximum absolute atomic E-state index is 11.1. The second-order valence-corrected chi connectivity index (χ2v) is 5.30. The van der Waals surface area contributed by atoms with E-state index >= 15 is 0 Å². The van der Waals surface area contributed by atoms with Crippen molar-refractivity contribution in [3.8, 4) is 16.9 Å². The van der Waals surface area contributed by atoms with E-state index in [1.165, 1.54) is 11.1 Å². The molecular weight excluding hydrogens is 286 g/mol. The Bertz CT molecular complexity index is 652. The maximum Gasteiger partial charge on any atom is 0.235 e. The number of nitrogens with one attached hydrogen (secondary N) is 1. The van der Waals surface area contributed by atoms with Crippen molar-refractivity contribution in [3.05, 3.63) is 53.6 Å². The van der Waals surface area contributed by atoms with Gasteiger partial charge in [-0.25, -0.2) is 0 Å². The minimum absolute atomic E-state index is 0.00468. The quantitative estimate of drug-likeness (QED) is 0.881. The van der Waals surface area contributed by atoms with Gasteiger partial charge in [-0.15, -0.1) is 11.6 Å². The molecule has 0 spiro atoms. The Hall–Kier alpha value is -2.00. The van der Waals surface area contributed by atoms with Gasteiger partial charge in [0.05, 0.1) is 6.61 Å². The van der Waals surface area contributed by atoms with Gasteiger partial charge in [0.2, 0.25) is 5.91 Å². The fraction of sp³-hybridized carbons (Fsp3) is 0.235. The van der Waals surface area contributed by atoms with Gasteiger partial charge in [0.25, 0.3) is 0 Å². The highest BCUT2D eigenvalue weighted by Gasteiger charge is 2.12. The monoisotopic (exact) mass is 301 g/mol. The van der Waals surface area contributed by atoms with Crippen LogP contribution in [0.1, 0.15) is 11.1 Å². The molecule has 3 rings (SSSR count). The van der Waals surface area contributed by atoms with E-state index in [2.05, 4.69) is 29.6 Å². The fourth-order valence-corrected chi connectivity index (χ4v) is 2.52. The van der Waals surface area contributed by atoms with Crippen molar-refractivity contribution in [2.45, 2.75) is 13.0 Å². The lowest BCUT2D eigenvalue weighted by molar-refractivity contribution is -0.118.